The van der Waals surface area contributed by atoms with E-state index in [1.807, 2.05) is 14.0 Å². The van der Waals surface area contributed by atoms with E-state index in [1.54, 1.807) is 0 Å². The van der Waals surface area contributed by atoms with Crippen LogP contribution >= 0.6 is 0 Å². The minimum Gasteiger partial charge on any atom is -0.305 e. The van der Waals surface area contributed by atoms with Gasteiger partial charge >= 0.3 is 0 Å². The Labute approximate surface area is 118 Å². The number of nitrogens with one attached hydrogen (secondary N) is 1. The lowest BCUT2D eigenvalue weighted by atomic mass is 9.97. The zero-order valence-corrected chi connectivity index (χ0v) is 12.9. The molecule has 110 valence electrons. The Balaban J connectivity index is 2.03. The molecule has 1 saturated heterocycles. The van der Waals surface area contributed by atoms with E-state index in [-0.39, 0.29) is 5.54 Å². The minimum atomic E-state index is -0.353. The highest BCUT2D eigenvalue weighted by Gasteiger charge is 2.20. The number of unbranched alkanes of at least 4 members (excludes halogenated alkanes) is 1. The number of hydrogen-bond acceptors (Lipinski definition) is 4. The van der Waals surface area contributed by atoms with E-state index in [1.165, 1.54) is 45.4 Å². The Morgan fingerprint density at radius 2 is 1.95 bits per heavy atom. The van der Waals surface area contributed by atoms with Crippen LogP contribution in [-0.4, -0.2) is 62.2 Å². The van der Waals surface area contributed by atoms with Crippen molar-refractivity contribution in [1.29, 1.82) is 5.26 Å². The Hall–Kier alpha value is -0.630. The smallest absolute Gasteiger partial charge is 0.103 e. The predicted molar refractivity (Wildman–Crippen MR) is 80.1 cm³/mol. The fourth-order valence-electron chi connectivity index (χ4n) is 2.53. The van der Waals surface area contributed by atoms with E-state index < -0.39 is 0 Å². The molecule has 1 aliphatic heterocycles. The van der Waals surface area contributed by atoms with Crippen LogP contribution < -0.4 is 5.32 Å². The summed E-state index contributed by atoms with van der Waals surface area (Å²) in [5.41, 5.74) is -0.353. The van der Waals surface area contributed by atoms with Crippen molar-refractivity contribution >= 4 is 0 Å². The van der Waals surface area contributed by atoms with Gasteiger partial charge < -0.3 is 15.1 Å². The Kier molecular flexibility index (Phi) is 7.37. The normalized spacial score (nSPS) is 19.5. The van der Waals surface area contributed by atoms with Gasteiger partial charge in [-0.1, -0.05) is 0 Å². The van der Waals surface area contributed by atoms with Crippen LogP contribution in [0.4, 0.5) is 0 Å². The molecule has 0 amide bonds. The van der Waals surface area contributed by atoms with E-state index in [0.717, 1.165) is 19.4 Å². The van der Waals surface area contributed by atoms with Crippen LogP contribution in [0.1, 0.15) is 39.0 Å². The molecule has 1 aliphatic rings. The van der Waals surface area contributed by atoms with Gasteiger partial charge in [-0.25, -0.2) is 0 Å². The Morgan fingerprint density at radius 3 is 2.53 bits per heavy atom. The monoisotopic (exact) mass is 266 g/mol. The number of likely N-dealkylation sites (tertiary alicyclic amines) is 1. The molecule has 19 heavy (non-hydrogen) atoms. The molecular weight excluding hydrogens is 236 g/mol. The van der Waals surface area contributed by atoms with Crippen LogP contribution in [0.25, 0.3) is 0 Å². The van der Waals surface area contributed by atoms with E-state index in [9.17, 15) is 0 Å². The number of likely N-dealkylation sites (N-methyl/N-ethyl adjacent to an activating group) is 1. The maximum atomic E-state index is 9.07. The summed E-state index contributed by atoms with van der Waals surface area (Å²) >= 11 is 0. The number of nitriles is 1. The summed E-state index contributed by atoms with van der Waals surface area (Å²) in [7, 11) is 4.07. The highest BCUT2D eigenvalue weighted by atomic mass is 15.2. The first kappa shape index (κ1) is 16.4. The van der Waals surface area contributed by atoms with Gasteiger partial charge in [-0.2, -0.15) is 5.26 Å². The fraction of sp³-hybridized carbons (Fsp3) is 0.933. The van der Waals surface area contributed by atoms with E-state index in [4.69, 9.17) is 5.26 Å². The third-order valence-corrected chi connectivity index (χ3v) is 4.26. The zero-order chi connectivity index (χ0) is 14.1. The molecule has 1 rings (SSSR count). The molecular formula is C15H30N4. The first-order valence-corrected chi connectivity index (χ1v) is 7.61. The van der Waals surface area contributed by atoms with Crippen LogP contribution in [0, 0.1) is 11.3 Å². The van der Waals surface area contributed by atoms with Crippen LogP contribution in [0.15, 0.2) is 0 Å². The SMILES string of the molecule is CNC(C)(C#N)CCCCN(C)CCN1CCCC1. The third-order valence-electron chi connectivity index (χ3n) is 4.26. The molecule has 1 unspecified atom stereocenters. The van der Waals surface area contributed by atoms with Gasteiger partial charge in [0.1, 0.15) is 5.54 Å². The molecule has 1 N–H and O–H groups in total. The zero-order valence-electron chi connectivity index (χ0n) is 12.9. The van der Waals surface area contributed by atoms with Crippen molar-refractivity contribution in [3.63, 3.8) is 0 Å². The number of nitrogens with zero attached hydrogens (tertiary/aromatic N) is 3. The summed E-state index contributed by atoms with van der Waals surface area (Å²) < 4.78 is 0. The van der Waals surface area contributed by atoms with Crippen molar-refractivity contribution in [3.8, 4) is 6.07 Å². The lowest BCUT2D eigenvalue weighted by Crippen LogP contribution is -2.38. The second-order valence-electron chi connectivity index (χ2n) is 6.00. The maximum absolute atomic E-state index is 9.07. The summed E-state index contributed by atoms with van der Waals surface area (Å²) in [5.74, 6) is 0. The molecule has 0 radical (unpaired) electrons. The topological polar surface area (TPSA) is 42.3 Å². The van der Waals surface area contributed by atoms with Crippen molar-refractivity contribution in [3.05, 3.63) is 0 Å². The number of rotatable bonds is 9. The lowest BCUT2D eigenvalue weighted by Gasteiger charge is -2.23. The summed E-state index contributed by atoms with van der Waals surface area (Å²) in [6, 6.07) is 2.35. The molecule has 1 fully saturated rings. The van der Waals surface area contributed by atoms with E-state index >= 15 is 0 Å². The van der Waals surface area contributed by atoms with Gasteiger partial charge in [-0.05, 0) is 72.8 Å². The van der Waals surface area contributed by atoms with Gasteiger partial charge in [0.25, 0.3) is 0 Å². The number of hydrogen-bond donors (Lipinski definition) is 1. The molecule has 0 aromatic heterocycles. The molecule has 1 heterocycles. The highest BCUT2D eigenvalue weighted by molar-refractivity contribution is 5.02. The van der Waals surface area contributed by atoms with Crippen molar-refractivity contribution in [2.45, 2.75) is 44.6 Å². The van der Waals surface area contributed by atoms with Crippen LogP contribution in [0.3, 0.4) is 0 Å². The first-order valence-electron chi connectivity index (χ1n) is 7.61. The van der Waals surface area contributed by atoms with E-state index in [0.29, 0.717) is 0 Å². The van der Waals surface area contributed by atoms with Gasteiger partial charge in [-0.15, -0.1) is 0 Å². The molecule has 0 aromatic carbocycles. The van der Waals surface area contributed by atoms with Gasteiger partial charge in [0.05, 0.1) is 6.07 Å². The quantitative estimate of drug-likeness (QED) is 0.645. The first-order chi connectivity index (χ1) is 9.09. The molecule has 0 bridgehead atoms. The molecule has 0 aliphatic carbocycles. The Morgan fingerprint density at radius 1 is 1.26 bits per heavy atom. The summed E-state index contributed by atoms with van der Waals surface area (Å²) in [6.07, 6.45) is 5.97. The minimum absolute atomic E-state index is 0.353. The van der Waals surface area contributed by atoms with Crippen molar-refractivity contribution in [2.24, 2.45) is 0 Å². The van der Waals surface area contributed by atoms with Gasteiger partial charge in [0.15, 0.2) is 0 Å². The molecule has 0 aromatic rings. The summed E-state index contributed by atoms with van der Waals surface area (Å²) in [5, 5.41) is 12.2. The fourth-order valence-corrected chi connectivity index (χ4v) is 2.53. The van der Waals surface area contributed by atoms with Crippen molar-refractivity contribution in [1.82, 2.24) is 15.1 Å². The summed E-state index contributed by atoms with van der Waals surface area (Å²) in [6.45, 7) is 8.07. The molecule has 0 saturated carbocycles. The van der Waals surface area contributed by atoms with Gasteiger partial charge in [0.2, 0.25) is 0 Å². The largest absolute Gasteiger partial charge is 0.305 e. The Bertz CT molecular complexity index is 280. The maximum Gasteiger partial charge on any atom is 0.103 e. The molecule has 0 spiro atoms. The third kappa shape index (κ3) is 6.38. The highest BCUT2D eigenvalue weighted by Crippen LogP contribution is 2.12. The predicted octanol–water partition coefficient (Wildman–Crippen LogP) is 1.69. The van der Waals surface area contributed by atoms with Gasteiger partial charge in [-0.3, -0.25) is 0 Å². The standard InChI is InChI=1S/C15H30N4/c1-15(14-16,17-2)8-4-5-9-18(3)12-13-19-10-6-7-11-19/h17H,4-13H2,1-3H3. The lowest BCUT2D eigenvalue weighted by molar-refractivity contribution is 0.252. The van der Waals surface area contributed by atoms with Gasteiger partial charge in [0, 0.05) is 13.1 Å². The van der Waals surface area contributed by atoms with Crippen LogP contribution in [0.5, 0.6) is 0 Å². The average molecular weight is 266 g/mol. The second kappa shape index (κ2) is 8.52. The average Bonchev–Trinajstić information content (AvgIpc) is 2.94. The molecule has 1 atom stereocenters. The van der Waals surface area contributed by atoms with E-state index in [2.05, 4.69) is 28.2 Å². The van der Waals surface area contributed by atoms with Crippen LogP contribution in [0.2, 0.25) is 0 Å². The second-order valence-corrected chi connectivity index (χ2v) is 6.00. The van der Waals surface area contributed by atoms with Crippen LogP contribution in [-0.2, 0) is 0 Å². The van der Waals surface area contributed by atoms with Crippen molar-refractivity contribution < 1.29 is 0 Å². The van der Waals surface area contributed by atoms with Crippen molar-refractivity contribution in [2.75, 3.05) is 46.8 Å². The molecule has 4 nitrogen and oxygen atoms in total. The molecule has 4 heteroatoms. The summed E-state index contributed by atoms with van der Waals surface area (Å²) in [4.78, 5) is 4.98.